The number of halogens is 2. The van der Waals surface area contributed by atoms with Crippen LogP contribution in [0.25, 0.3) is 0 Å². The van der Waals surface area contributed by atoms with Crippen LogP contribution < -0.4 is 0 Å². The molecule has 0 saturated heterocycles. The number of furan rings is 1. The summed E-state index contributed by atoms with van der Waals surface area (Å²) in [5.74, 6) is -1.22. The van der Waals surface area contributed by atoms with Crippen LogP contribution in [0.5, 0.6) is 0 Å². The molecule has 0 spiro atoms. The van der Waals surface area contributed by atoms with E-state index in [1.807, 2.05) is 0 Å². The van der Waals surface area contributed by atoms with Crippen LogP contribution >= 0.6 is 0 Å². The van der Waals surface area contributed by atoms with E-state index in [2.05, 4.69) is 0 Å². The Morgan fingerprint density at radius 1 is 1.06 bits per heavy atom. The van der Waals surface area contributed by atoms with Crippen LogP contribution in [0.3, 0.4) is 0 Å². The largest absolute Gasteiger partial charge is 0.466 e. The van der Waals surface area contributed by atoms with E-state index in [-0.39, 0.29) is 11.3 Å². The topological polar surface area (TPSA) is 30.2 Å². The van der Waals surface area contributed by atoms with Gasteiger partial charge in [0, 0.05) is 11.1 Å². The molecule has 2 aromatic rings. The molecule has 1 heterocycles. The minimum absolute atomic E-state index is 0.112. The molecule has 0 atom stereocenters. The maximum Gasteiger partial charge on any atom is 0.196 e. The van der Waals surface area contributed by atoms with Gasteiger partial charge in [0.25, 0.3) is 0 Å². The molecule has 0 aliphatic heterocycles. The first-order chi connectivity index (χ1) is 8.41. The molecule has 4 heteroatoms. The average Bonchev–Trinajstić information content (AvgIpc) is 2.56. The molecule has 1 aromatic carbocycles. The highest BCUT2D eigenvalue weighted by atomic mass is 19.2. The molecule has 0 radical (unpaired) electrons. The normalized spacial score (nSPS) is 10.7. The molecule has 1 aromatic heterocycles. The fourth-order valence-electron chi connectivity index (χ4n) is 1.91. The summed E-state index contributed by atoms with van der Waals surface area (Å²) >= 11 is 0. The van der Waals surface area contributed by atoms with Gasteiger partial charge in [-0.25, -0.2) is 8.78 Å². The van der Waals surface area contributed by atoms with Crippen LogP contribution in [-0.4, -0.2) is 5.78 Å². The molecular formula is C14H12F2O2. The van der Waals surface area contributed by atoms with Crippen molar-refractivity contribution >= 4 is 5.78 Å². The molecule has 18 heavy (non-hydrogen) atoms. The van der Waals surface area contributed by atoms with Crippen molar-refractivity contribution in [2.45, 2.75) is 20.8 Å². The van der Waals surface area contributed by atoms with Gasteiger partial charge in [0.2, 0.25) is 0 Å². The van der Waals surface area contributed by atoms with Gasteiger partial charge >= 0.3 is 0 Å². The molecule has 0 aliphatic rings. The maximum atomic E-state index is 13.1. The quantitative estimate of drug-likeness (QED) is 0.760. The summed E-state index contributed by atoms with van der Waals surface area (Å²) in [5, 5.41) is 0. The maximum absolute atomic E-state index is 13.1. The van der Waals surface area contributed by atoms with Crippen molar-refractivity contribution in [3.63, 3.8) is 0 Å². The monoisotopic (exact) mass is 250 g/mol. The number of rotatable bonds is 2. The van der Waals surface area contributed by atoms with E-state index < -0.39 is 11.6 Å². The highest BCUT2D eigenvalue weighted by Crippen LogP contribution is 2.24. The Labute approximate surface area is 103 Å². The van der Waals surface area contributed by atoms with Gasteiger partial charge in [-0.3, -0.25) is 4.79 Å². The van der Waals surface area contributed by atoms with E-state index in [4.69, 9.17) is 4.42 Å². The molecule has 94 valence electrons. The molecule has 0 amide bonds. The Bertz CT molecular complexity index is 627. The first-order valence-electron chi connectivity index (χ1n) is 5.48. The van der Waals surface area contributed by atoms with Crippen molar-refractivity contribution in [2.75, 3.05) is 0 Å². The van der Waals surface area contributed by atoms with Gasteiger partial charge in [0.05, 0.1) is 5.56 Å². The molecule has 0 bridgehead atoms. The predicted molar refractivity (Wildman–Crippen MR) is 62.7 cm³/mol. The van der Waals surface area contributed by atoms with Gasteiger partial charge in [-0.1, -0.05) is 0 Å². The van der Waals surface area contributed by atoms with Crippen LogP contribution in [0, 0.1) is 32.4 Å². The van der Waals surface area contributed by atoms with Gasteiger partial charge in [0.15, 0.2) is 17.4 Å². The Morgan fingerprint density at radius 2 is 1.72 bits per heavy atom. The van der Waals surface area contributed by atoms with Crippen LogP contribution in [-0.2, 0) is 0 Å². The van der Waals surface area contributed by atoms with Crippen LogP contribution in [0.1, 0.15) is 33.0 Å². The number of carbonyl (C=O) groups excluding carboxylic acids is 1. The number of aryl methyl sites for hydroxylation is 2. The van der Waals surface area contributed by atoms with E-state index in [0.717, 1.165) is 17.7 Å². The first kappa shape index (κ1) is 12.5. The molecule has 0 fully saturated rings. The van der Waals surface area contributed by atoms with E-state index >= 15 is 0 Å². The van der Waals surface area contributed by atoms with Gasteiger partial charge in [-0.2, -0.15) is 0 Å². The smallest absolute Gasteiger partial charge is 0.196 e. The van der Waals surface area contributed by atoms with Gasteiger partial charge in [0.1, 0.15) is 11.5 Å². The molecule has 2 nitrogen and oxygen atoms in total. The van der Waals surface area contributed by atoms with E-state index in [1.165, 1.54) is 6.07 Å². The zero-order chi connectivity index (χ0) is 13.4. The lowest BCUT2D eigenvalue weighted by atomic mass is 10.00. The van der Waals surface area contributed by atoms with Crippen LogP contribution in [0.4, 0.5) is 8.78 Å². The summed E-state index contributed by atoms with van der Waals surface area (Å²) in [6, 6.07) is 3.11. The molecule has 0 unspecified atom stereocenters. The third-order valence-corrected chi connectivity index (χ3v) is 2.97. The minimum Gasteiger partial charge on any atom is -0.466 e. The molecule has 0 saturated carbocycles. The summed E-state index contributed by atoms with van der Waals surface area (Å²) in [7, 11) is 0. The van der Waals surface area contributed by atoms with Crippen molar-refractivity contribution in [3.8, 4) is 0 Å². The lowest BCUT2D eigenvalue weighted by Crippen LogP contribution is -2.04. The fraction of sp³-hybridized carbons (Fsp3) is 0.214. The van der Waals surface area contributed by atoms with Gasteiger partial charge in [-0.05, 0) is 39.0 Å². The number of ketones is 1. The van der Waals surface area contributed by atoms with Crippen molar-refractivity contribution < 1.29 is 18.0 Å². The van der Waals surface area contributed by atoms with Crippen molar-refractivity contribution in [1.29, 1.82) is 0 Å². The number of carbonyl (C=O) groups is 1. The predicted octanol–water partition coefficient (Wildman–Crippen LogP) is 3.71. The Kier molecular flexibility index (Phi) is 3.03. The Hall–Kier alpha value is -1.97. The highest BCUT2D eigenvalue weighted by molar-refractivity contribution is 6.10. The summed E-state index contributed by atoms with van der Waals surface area (Å²) < 4.78 is 31.3. The van der Waals surface area contributed by atoms with E-state index in [0.29, 0.717) is 17.1 Å². The Morgan fingerprint density at radius 3 is 2.22 bits per heavy atom. The zero-order valence-corrected chi connectivity index (χ0v) is 10.3. The average molecular weight is 250 g/mol. The highest BCUT2D eigenvalue weighted by Gasteiger charge is 2.20. The van der Waals surface area contributed by atoms with Gasteiger partial charge < -0.3 is 4.42 Å². The molecule has 0 aliphatic carbocycles. The first-order valence-corrected chi connectivity index (χ1v) is 5.48. The van der Waals surface area contributed by atoms with E-state index in [9.17, 15) is 13.6 Å². The fourth-order valence-corrected chi connectivity index (χ4v) is 1.91. The summed E-state index contributed by atoms with van der Waals surface area (Å²) in [6.45, 7) is 5.19. The summed E-state index contributed by atoms with van der Waals surface area (Å²) in [4.78, 5) is 12.2. The number of benzene rings is 1. The lowest BCUT2D eigenvalue weighted by molar-refractivity contribution is 0.103. The second kappa shape index (κ2) is 4.37. The lowest BCUT2D eigenvalue weighted by Gasteiger charge is -2.02. The Balaban J connectivity index is 2.51. The number of hydrogen-bond donors (Lipinski definition) is 0. The van der Waals surface area contributed by atoms with Gasteiger partial charge in [-0.15, -0.1) is 0 Å². The van der Waals surface area contributed by atoms with E-state index in [1.54, 1.807) is 20.8 Å². The van der Waals surface area contributed by atoms with Crippen LogP contribution in [0.2, 0.25) is 0 Å². The van der Waals surface area contributed by atoms with Crippen molar-refractivity contribution in [1.82, 2.24) is 0 Å². The van der Waals surface area contributed by atoms with Crippen molar-refractivity contribution in [3.05, 3.63) is 58.0 Å². The second-order valence-corrected chi connectivity index (χ2v) is 4.17. The molecular weight excluding hydrogens is 238 g/mol. The second-order valence-electron chi connectivity index (χ2n) is 4.17. The number of hydrogen-bond acceptors (Lipinski definition) is 2. The minimum atomic E-state index is -1.03. The molecule has 2 rings (SSSR count). The summed E-state index contributed by atoms with van der Waals surface area (Å²) in [5.41, 5.74) is 1.25. The standard InChI is InChI=1S/C14H12F2O2/c1-7-8(2)18-9(3)13(7)14(17)10-4-5-11(15)12(16)6-10/h4-6H,1-3H3. The zero-order valence-electron chi connectivity index (χ0n) is 10.3. The van der Waals surface area contributed by atoms with Crippen molar-refractivity contribution in [2.24, 2.45) is 0 Å². The van der Waals surface area contributed by atoms with Crippen LogP contribution in [0.15, 0.2) is 22.6 Å². The third-order valence-electron chi connectivity index (χ3n) is 2.97. The SMILES string of the molecule is Cc1oc(C)c(C(=O)c2ccc(F)c(F)c2)c1C. The molecule has 0 N–H and O–H groups in total. The summed E-state index contributed by atoms with van der Waals surface area (Å²) in [6.07, 6.45) is 0. The third kappa shape index (κ3) is 1.94.